The third-order valence-electron chi connectivity index (χ3n) is 3.51. The lowest BCUT2D eigenvalue weighted by Gasteiger charge is -2.12. The first-order valence-electron chi connectivity index (χ1n) is 8.12. The topological polar surface area (TPSA) is 62.8 Å². The molecule has 134 valence electrons. The van der Waals surface area contributed by atoms with Crippen molar-refractivity contribution in [3.8, 4) is 11.5 Å². The van der Waals surface area contributed by atoms with Crippen molar-refractivity contribution in [1.82, 2.24) is 10.2 Å². The number of rotatable bonds is 8. The molecule has 0 aliphatic rings. The van der Waals surface area contributed by atoms with Crippen LogP contribution in [0.15, 0.2) is 48.5 Å². The van der Waals surface area contributed by atoms with Crippen LogP contribution in [0.5, 0.6) is 11.5 Å². The van der Waals surface area contributed by atoms with E-state index in [1.54, 1.807) is 31.4 Å². The summed E-state index contributed by atoms with van der Waals surface area (Å²) in [6.07, 6.45) is 0. The zero-order valence-electron chi connectivity index (χ0n) is 14.9. The van der Waals surface area contributed by atoms with E-state index in [1.807, 2.05) is 38.4 Å². The Morgan fingerprint density at radius 2 is 1.84 bits per heavy atom. The molecule has 0 spiro atoms. The summed E-state index contributed by atoms with van der Waals surface area (Å²) < 4.78 is 10.8. The number of carbonyl (C=O) groups is 1. The highest BCUT2D eigenvalue weighted by Crippen LogP contribution is 2.15. The van der Waals surface area contributed by atoms with E-state index < -0.39 is 0 Å². The molecule has 25 heavy (non-hydrogen) atoms. The van der Waals surface area contributed by atoms with E-state index in [2.05, 4.69) is 15.5 Å². The van der Waals surface area contributed by atoms with Crippen molar-refractivity contribution in [2.75, 3.05) is 39.7 Å². The summed E-state index contributed by atoms with van der Waals surface area (Å²) in [6, 6.07) is 14.6. The van der Waals surface area contributed by atoms with Crippen molar-refractivity contribution in [2.24, 2.45) is 0 Å². The van der Waals surface area contributed by atoms with E-state index >= 15 is 0 Å². The standard InChI is InChI=1S/C19H25N3O3/c1-22(2)11-12-25-18-6-4-5-15(13-18)14-20-19(23)21-16-7-9-17(24-3)10-8-16/h4-10,13H,11-12,14H2,1-3H3,(H2,20,21,23). The number of amides is 2. The summed E-state index contributed by atoms with van der Waals surface area (Å²) in [5.41, 5.74) is 1.69. The highest BCUT2D eigenvalue weighted by molar-refractivity contribution is 5.89. The molecule has 0 heterocycles. The van der Waals surface area contributed by atoms with Gasteiger partial charge in [0.1, 0.15) is 18.1 Å². The summed E-state index contributed by atoms with van der Waals surface area (Å²) in [5.74, 6) is 1.55. The van der Waals surface area contributed by atoms with Gasteiger partial charge in [-0.05, 0) is 56.1 Å². The average molecular weight is 343 g/mol. The summed E-state index contributed by atoms with van der Waals surface area (Å²) in [7, 11) is 5.61. The molecule has 0 aliphatic heterocycles. The number of urea groups is 1. The number of nitrogens with one attached hydrogen (secondary N) is 2. The van der Waals surface area contributed by atoms with E-state index in [0.29, 0.717) is 18.8 Å². The number of anilines is 1. The van der Waals surface area contributed by atoms with Crippen LogP contribution in [-0.2, 0) is 6.54 Å². The molecular weight excluding hydrogens is 318 g/mol. The third-order valence-corrected chi connectivity index (χ3v) is 3.51. The lowest BCUT2D eigenvalue weighted by Crippen LogP contribution is -2.28. The number of hydrogen-bond acceptors (Lipinski definition) is 4. The van der Waals surface area contributed by atoms with Crippen LogP contribution in [-0.4, -0.2) is 45.3 Å². The van der Waals surface area contributed by atoms with Gasteiger partial charge in [-0.3, -0.25) is 0 Å². The van der Waals surface area contributed by atoms with Gasteiger partial charge in [-0.15, -0.1) is 0 Å². The molecule has 0 atom stereocenters. The minimum absolute atomic E-state index is 0.260. The Labute approximate surface area is 148 Å². The first kappa shape index (κ1) is 18.6. The van der Waals surface area contributed by atoms with Gasteiger partial charge < -0.3 is 25.0 Å². The van der Waals surface area contributed by atoms with E-state index in [0.717, 1.165) is 23.6 Å². The van der Waals surface area contributed by atoms with Crippen LogP contribution in [0.4, 0.5) is 10.5 Å². The van der Waals surface area contributed by atoms with Crippen LogP contribution in [0.1, 0.15) is 5.56 Å². The summed E-state index contributed by atoms with van der Waals surface area (Å²) in [6.45, 7) is 1.90. The maximum absolute atomic E-state index is 12.0. The Balaban J connectivity index is 1.80. The number of benzene rings is 2. The van der Waals surface area contributed by atoms with Crippen molar-refractivity contribution in [3.63, 3.8) is 0 Å². The van der Waals surface area contributed by atoms with Crippen molar-refractivity contribution in [2.45, 2.75) is 6.54 Å². The SMILES string of the molecule is COc1ccc(NC(=O)NCc2cccc(OCCN(C)C)c2)cc1. The summed E-state index contributed by atoms with van der Waals surface area (Å²) >= 11 is 0. The van der Waals surface area contributed by atoms with Crippen molar-refractivity contribution in [3.05, 3.63) is 54.1 Å². The van der Waals surface area contributed by atoms with Gasteiger partial charge in [0.2, 0.25) is 0 Å². The Morgan fingerprint density at radius 3 is 2.52 bits per heavy atom. The number of ether oxygens (including phenoxy) is 2. The van der Waals surface area contributed by atoms with E-state index in [9.17, 15) is 4.79 Å². The molecule has 6 heteroatoms. The molecule has 0 unspecified atom stereocenters. The number of nitrogens with zero attached hydrogens (tertiary/aromatic N) is 1. The van der Waals surface area contributed by atoms with Crippen molar-refractivity contribution in [1.29, 1.82) is 0 Å². The zero-order valence-corrected chi connectivity index (χ0v) is 14.9. The van der Waals surface area contributed by atoms with Crippen molar-refractivity contribution >= 4 is 11.7 Å². The number of carbonyl (C=O) groups excluding carboxylic acids is 1. The number of likely N-dealkylation sites (N-methyl/N-ethyl adjacent to an activating group) is 1. The molecule has 0 aliphatic carbocycles. The minimum Gasteiger partial charge on any atom is -0.497 e. The van der Waals surface area contributed by atoms with Crippen LogP contribution in [0.25, 0.3) is 0 Å². The fourth-order valence-corrected chi connectivity index (χ4v) is 2.12. The normalized spacial score (nSPS) is 10.4. The molecule has 0 saturated heterocycles. The first-order valence-corrected chi connectivity index (χ1v) is 8.12. The summed E-state index contributed by atoms with van der Waals surface area (Å²) in [5, 5.41) is 5.61. The van der Waals surface area contributed by atoms with E-state index in [4.69, 9.17) is 9.47 Å². The Morgan fingerprint density at radius 1 is 1.08 bits per heavy atom. The second kappa shape index (κ2) is 9.54. The molecule has 0 bridgehead atoms. The van der Waals surface area contributed by atoms with Crippen LogP contribution < -0.4 is 20.1 Å². The fourth-order valence-electron chi connectivity index (χ4n) is 2.12. The minimum atomic E-state index is -0.260. The van der Waals surface area contributed by atoms with Crippen molar-refractivity contribution < 1.29 is 14.3 Å². The highest BCUT2D eigenvalue weighted by atomic mass is 16.5. The second-order valence-corrected chi connectivity index (χ2v) is 5.84. The predicted molar refractivity (Wildman–Crippen MR) is 99.3 cm³/mol. The molecule has 2 N–H and O–H groups in total. The first-order chi connectivity index (χ1) is 12.1. The molecule has 0 aromatic heterocycles. The molecule has 0 saturated carbocycles. The molecule has 0 radical (unpaired) electrons. The van der Waals surface area contributed by atoms with Gasteiger partial charge in [0.05, 0.1) is 7.11 Å². The quantitative estimate of drug-likeness (QED) is 0.773. The lowest BCUT2D eigenvalue weighted by molar-refractivity contribution is 0.251. The van der Waals surface area contributed by atoms with Crippen LogP contribution >= 0.6 is 0 Å². The zero-order chi connectivity index (χ0) is 18.1. The van der Waals surface area contributed by atoms with Gasteiger partial charge in [-0.2, -0.15) is 0 Å². The third kappa shape index (κ3) is 6.73. The van der Waals surface area contributed by atoms with Crippen LogP contribution in [0.3, 0.4) is 0 Å². The van der Waals surface area contributed by atoms with E-state index in [-0.39, 0.29) is 6.03 Å². The van der Waals surface area contributed by atoms with Crippen LogP contribution in [0.2, 0.25) is 0 Å². The average Bonchev–Trinajstić information content (AvgIpc) is 2.61. The fraction of sp³-hybridized carbons (Fsp3) is 0.316. The molecular formula is C19H25N3O3. The Hall–Kier alpha value is -2.73. The van der Waals surface area contributed by atoms with Gasteiger partial charge >= 0.3 is 6.03 Å². The van der Waals surface area contributed by atoms with Gasteiger partial charge in [-0.1, -0.05) is 12.1 Å². The molecule has 2 aromatic carbocycles. The molecule has 2 rings (SSSR count). The largest absolute Gasteiger partial charge is 0.497 e. The monoisotopic (exact) mass is 343 g/mol. The lowest BCUT2D eigenvalue weighted by atomic mass is 10.2. The Bertz CT molecular complexity index is 672. The molecule has 6 nitrogen and oxygen atoms in total. The second-order valence-electron chi connectivity index (χ2n) is 5.84. The predicted octanol–water partition coefficient (Wildman–Crippen LogP) is 2.96. The van der Waals surface area contributed by atoms with Crippen LogP contribution in [0, 0.1) is 0 Å². The molecule has 0 fully saturated rings. The number of methoxy groups -OCH3 is 1. The maximum Gasteiger partial charge on any atom is 0.319 e. The highest BCUT2D eigenvalue weighted by Gasteiger charge is 2.03. The Kier molecular flexibility index (Phi) is 7.10. The van der Waals surface area contributed by atoms with Gasteiger partial charge in [0.15, 0.2) is 0 Å². The number of hydrogen-bond donors (Lipinski definition) is 2. The maximum atomic E-state index is 12.0. The van der Waals surface area contributed by atoms with Gasteiger partial charge in [0.25, 0.3) is 0 Å². The van der Waals surface area contributed by atoms with Gasteiger partial charge in [0, 0.05) is 18.8 Å². The summed E-state index contributed by atoms with van der Waals surface area (Å²) in [4.78, 5) is 14.0. The molecule has 2 amide bonds. The van der Waals surface area contributed by atoms with E-state index in [1.165, 1.54) is 0 Å². The smallest absolute Gasteiger partial charge is 0.319 e. The van der Waals surface area contributed by atoms with Gasteiger partial charge in [-0.25, -0.2) is 4.79 Å². The molecule has 2 aromatic rings.